The molecule has 126 heavy (non-hydrogen) atoms. The van der Waals surface area contributed by atoms with Crippen molar-refractivity contribution in [3.8, 4) is 35.3 Å². The van der Waals surface area contributed by atoms with E-state index < -0.39 is 56.4 Å². The molecule has 8 N–H and O–H groups in total. The Morgan fingerprint density at radius 3 is 1.20 bits per heavy atom. The first-order valence-electron chi connectivity index (χ1n) is 41.0. The highest BCUT2D eigenvalue weighted by atomic mass is 19.4. The van der Waals surface area contributed by atoms with Gasteiger partial charge in [0.2, 0.25) is 35.7 Å². The molecule has 28 rings (SSSR count). The fraction of sp³-hybridized carbons (Fsp3) is 0.395. The molecule has 0 aliphatic carbocycles. The van der Waals surface area contributed by atoms with Gasteiger partial charge in [0.15, 0.2) is 19.8 Å². The van der Waals surface area contributed by atoms with E-state index in [2.05, 4.69) is 110 Å². The van der Waals surface area contributed by atoms with Gasteiger partial charge in [-0.25, -0.2) is 0 Å². The second kappa shape index (κ2) is 41.2. The Morgan fingerprint density at radius 1 is 0.389 bits per heavy atom. The number of aromatic nitrogens is 9. The third-order valence-electron chi connectivity index (χ3n) is 20.8. The predicted octanol–water partition coefficient (Wildman–Crippen LogP) is 12.1. The van der Waals surface area contributed by atoms with Crippen LogP contribution >= 0.6 is 0 Å². The summed E-state index contributed by atoms with van der Waals surface area (Å²) in [5, 5.41) is 24.8. The summed E-state index contributed by atoms with van der Waals surface area (Å²) >= 11 is 0. The van der Waals surface area contributed by atoms with Gasteiger partial charge < -0.3 is 90.6 Å². The number of hydrogen-bond donors (Lipinski definition) is 8. The number of halogens is 9. The first kappa shape index (κ1) is 89.3. The topological polar surface area (TPSA) is 335 Å². The van der Waals surface area contributed by atoms with E-state index in [9.17, 15) is 53.9 Å². The van der Waals surface area contributed by atoms with Crippen molar-refractivity contribution in [1.82, 2.24) is 80.0 Å². The molecular formula is C86H95F9N22O9. The lowest BCUT2D eigenvalue weighted by molar-refractivity contribution is -0.155. The summed E-state index contributed by atoms with van der Waals surface area (Å²) in [6, 6.07) is 41.2. The van der Waals surface area contributed by atoms with Crippen LogP contribution in [0.5, 0.6) is 35.3 Å². The van der Waals surface area contributed by atoms with Gasteiger partial charge in [0.05, 0.1) is 6.61 Å². The van der Waals surface area contributed by atoms with E-state index in [0.29, 0.717) is 130 Å². The summed E-state index contributed by atoms with van der Waals surface area (Å²) in [6.45, 7) is 18.4. The Hall–Kier alpha value is -13.0. The lowest BCUT2D eigenvalue weighted by atomic mass is 9.72. The first-order chi connectivity index (χ1) is 60.6. The Labute approximate surface area is 719 Å². The predicted molar refractivity (Wildman–Crippen MR) is 450 cm³/mol. The van der Waals surface area contributed by atoms with E-state index in [1.165, 1.54) is 0 Å². The maximum atomic E-state index is 13.5. The summed E-state index contributed by atoms with van der Waals surface area (Å²) in [4.78, 5) is 86.4. The molecule has 40 heteroatoms. The largest absolute Gasteiger partial charge is 0.494 e. The normalized spacial score (nSPS) is 19.4. The van der Waals surface area contributed by atoms with E-state index >= 15 is 0 Å². The molecule has 0 radical (unpaired) electrons. The molecule has 6 aromatic carbocycles. The van der Waals surface area contributed by atoms with E-state index in [1.54, 1.807) is 77.7 Å². The van der Waals surface area contributed by atoms with E-state index in [0.717, 1.165) is 118 Å². The van der Waals surface area contributed by atoms with Crippen molar-refractivity contribution in [2.24, 2.45) is 11.3 Å². The molecule has 31 nitrogen and oxygen atoms in total. The van der Waals surface area contributed by atoms with E-state index in [-0.39, 0.29) is 65.4 Å². The monoisotopic (exact) mass is 1750 g/mol. The summed E-state index contributed by atoms with van der Waals surface area (Å²) in [6.07, 6.45) is -9.99. The highest BCUT2D eigenvalue weighted by molar-refractivity contribution is 5.96. The molecule has 3 aromatic heterocycles. The molecule has 1 spiro atoms. The number of hydrogen-bond acceptors (Lipinski definition) is 28. The molecule has 22 heterocycles. The van der Waals surface area contributed by atoms with Gasteiger partial charge in [-0.2, -0.15) is 84.4 Å². The van der Waals surface area contributed by atoms with Crippen molar-refractivity contribution < 1.29 is 82.3 Å². The van der Waals surface area contributed by atoms with Crippen LogP contribution in [-0.4, -0.2) is 250 Å². The second-order valence-corrected chi connectivity index (χ2v) is 31.3. The molecular weight excluding hydrogens is 1660 g/mol. The van der Waals surface area contributed by atoms with Crippen molar-refractivity contribution in [3.05, 3.63) is 203 Å². The van der Waals surface area contributed by atoms with Crippen LogP contribution in [0.4, 0.5) is 92.3 Å². The van der Waals surface area contributed by atoms with Crippen molar-refractivity contribution >= 4 is 70.5 Å². The van der Waals surface area contributed by atoms with Gasteiger partial charge in [0.1, 0.15) is 30.5 Å². The van der Waals surface area contributed by atoms with Gasteiger partial charge in [-0.1, -0.05) is 49.6 Å². The number of carbonyl (C=O) groups excluding carboxylic acids is 3. The molecule has 1 unspecified atom stereocenters. The molecule has 1 atom stereocenters. The molecule has 0 saturated carbocycles. The zero-order valence-corrected chi connectivity index (χ0v) is 68.7. The number of nitrogens with one attached hydrogen (secondary N) is 8. The lowest BCUT2D eigenvalue weighted by Gasteiger charge is -2.60. The number of benzene rings is 6. The molecule has 19 aliphatic heterocycles. The maximum absolute atomic E-state index is 13.5. The Kier molecular flexibility index (Phi) is 29.2. The van der Waals surface area contributed by atoms with Crippen molar-refractivity contribution in [1.29, 1.82) is 0 Å². The van der Waals surface area contributed by atoms with Crippen LogP contribution in [0.1, 0.15) is 73.4 Å². The zero-order chi connectivity index (χ0) is 88.2. The molecule has 9 aromatic rings. The van der Waals surface area contributed by atoms with Gasteiger partial charge in [-0.15, -0.1) is 0 Å². The number of carbonyl (C=O) groups is 3. The average Bonchev–Trinajstić information content (AvgIpc) is 0.732. The van der Waals surface area contributed by atoms with Crippen LogP contribution < -0.4 is 71.0 Å². The van der Waals surface area contributed by atoms with E-state index in [1.807, 2.05) is 82.6 Å². The zero-order valence-electron chi connectivity index (χ0n) is 68.7. The van der Waals surface area contributed by atoms with E-state index in [4.69, 9.17) is 28.4 Å². The Balaban J connectivity index is 0.000000154. The summed E-state index contributed by atoms with van der Waals surface area (Å²) in [5.74, 6) is 2.34. The van der Waals surface area contributed by atoms with Crippen LogP contribution in [0.2, 0.25) is 0 Å². The lowest BCUT2D eigenvalue weighted by Crippen LogP contribution is -2.72. The Morgan fingerprint density at radius 2 is 0.762 bits per heavy atom. The van der Waals surface area contributed by atoms with Gasteiger partial charge in [0, 0.05) is 143 Å². The maximum Gasteiger partial charge on any atom is 0.422 e. The second-order valence-electron chi connectivity index (χ2n) is 31.3. The molecule has 3 amide bonds. The Bertz CT molecular complexity index is 5170. The smallest absolute Gasteiger partial charge is 0.422 e. The minimum absolute atomic E-state index is 0.0120. The molecule has 4 fully saturated rings. The molecule has 19 aliphatic rings. The summed E-state index contributed by atoms with van der Waals surface area (Å²) < 4.78 is 147. The quantitative estimate of drug-likeness (QED) is 0.0566. The standard InChI is InChI=1S/C31H39F3N8O3.C28H28F3N7O3.C27H28F3N7O3/c32-31(33,34)22-45-30-39-28-36-21-23-5-11-26(12-6-23)44-20-4-17-41-15-1-13-35-14-2-18-42(19-3-16-41)27(43)24-7-9-25(10-8-24)37-29(38-28)40-30;1-18-11-37-13-27(14-37)15-38(16-27)23(39)20-4-6-21(7-5-20)33-25-34-24(35-26(36-25)41-17-28(29,30)31)32-10-19-2-8-22(9-3-19)40-12-18;1-17-10-31-11-19-13-37(14-19)23(38)20-4-6-21(7-5-20)33-25-34-24(35-26(36-25)40-16-27(28,29)30)32-12-18-2-8-22(9-3-18)39-15-17/h5-12,35H,1-4,13-22H2,(H2,36,37,38,39,40);2-9H,1,10-17H2,(H2,32,33,34,35,36);2-9,19,31H,1,10-16H2,(H2,32,33,34,35,36). The van der Waals surface area contributed by atoms with Gasteiger partial charge in [-0.05, 0) is 189 Å². The van der Waals surface area contributed by atoms with Gasteiger partial charge >= 0.3 is 36.6 Å². The summed E-state index contributed by atoms with van der Waals surface area (Å²) in [5.41, 5.74) is 7.87. The van der Waals surface area contributed by atoms with Crippen molar-refractivity contribution in [3.63, 3.8) is 0 Å². The van der Waals surface area contributed by atoms with Crippen LogP contribution in [0, 0.1) is 11.3 Å². The third kappa shape index (κ3) is 27.0. The highest BCUT2D eigenvalue weighted by Gasteiger charge is 2.53. The number of rotatable bonds is 6. The van der Waals surface area contributed by atoms with Gasteiger partial charge in [0.25, 0.3) is 17.7 Å². The SMILES string of the molecule is C=C1CNCC2CN(C2)C(=O)c2ccc(cc2)Nc2nc(nc(OCC(F)(F)F)n2)NCc2ccc(cc2)OC1.C=C1COc2ccc(cc2)CNc2nc(nc(OCC(F)(F)F)n2)Nc2ccc(cc2)C(=O)N2CC3(CN(C1)C3)C2.O=C1c2ccc(cc2)Nc2nc(nc(OCC(F)(F)F)n2)NCc2ccc(cc2)OCCCN2CCCNCCCN1CCC2. The van der Waals surface area contributed by atoms with Crippen LogP contribution in [0.25, 0.3) is 0 Å². The number of amides is 3. The van der Waals surface area contributed by atoms with Gasteiger partial charge in [-0.3, -0.25) is 19.3 Å². The minimum Gasteiger partial charge on any atom is -0.494 e. The van der Waals surface area contributed by atoms with Crippen LogP contribution in [0.3, 0.4) is 0 Å². The fourth-order valence-electron chi connectivity index (χ4n) is 14.6. The number of alkyl halides is 9. The number of nitrogens with zero attached hydrogens (tertiary/aromatic N) is 14. The number of anilines is 9. The fourth-order valence-corrected chi connectivity index (χ4v) is 14.6. The first-order valence-corrected chi connectivity index (χ1v) is 41.0. The summed E-state index contributed by atoms with van der Waals surface area (Å²) in [7, 11) is 0. The van der Waals surface area contributed by atoms with Crippen molar-refractivity contribution in [2.45, 2.75) is 63.8 Å². The highest BCUT2D eigenvalue weighted by Crippen LogP contribution is 2.41. The molecule has 25 bridgehead atoms. The number of ether oxygens (including phenoxy) is 6. The molecule has 4 saturated heterocycles. The van der Waals surface area contributed by atoms with Crippen LogP contribution in [0.15, 0.2) is 170 Å². The van der Waals surface area contributed by atoms with Crippen molar-refractivity contribution in [2.75, 3.05) is 176 Å². The average molecular weight is 1750 g/mol. The van der Waals surface area contributed by atoms with Crippen LogP contribution in [-0.2, 0) is 19.6 Å². The minimum atomic E-state index is -4.56. The molecule has 666 valence electrons. The third-order valence-corrected chi connectivity index (χ3v) is 20.8.